The lowest BCUT2D eigenvalue weighted by Crippen LogP contribution is -2.49. The number of aliphatic carboxylic acids is 1. The van der Waals surface area contributed by atoms with E-state index in [0.29, 0.717) is 57.7 Å². The second-order valence-corrected chi connectivity index (χ2v) is 12.8. The van der Waals surface area contributed by atoms with Gasteiger partial charge in [-0.1, -0.05) is 24.3 Å². The van der Waals surface area contributed by atoms with Gasteiger partial charge in [-0.3, -0.25) is 4.79 Å². The SMILES string of the molecule is Cc1c2ccc(c1N)N(N)CCCCOC1CCN(CC1)S(=O)(=O)N1CCc3ccc(cc3C1)C2CC(=O)O. The highest BCUT2D eigenvalue weighted by Gasteiger charge is 2.35. The van der Waals surface area contributed by atoms with Crippen molar-refractivity contribution in [2.45, 2.75) is 64.0 Å². The van der Waals surface area contributed by atoms with E-state index in [1.807, 2.05) is 37.3 Å². The number of nitrogens with two attached hydrogens (primary N) is 2. The zero-order valence-corrected chi connectivity index (χ0v) is 23.3. The molecule has 0 aliphatic carbocycles. The highest BCUT2D eigenvalue weighted by atomic mass is 32.2. The molecule has 0 saturated carbocycles. The Kier molecular flexibility index (Phi) is 8.16. The van der Waals surface area contributed by atoms with E-state index in [0.717, 1.165) is 46.3 Å². The summed E-state index contributed by atoms with van der Waals surface area (Å²) in [5.41, 5.74) is 12.3. The Balaban J connectivity index is 1.54. The van der Waals surface area contributed by atoms with Crippen LogP contribution in [0, 0.1) is 6.92 Å². The van der Waals surface area contributed by atoms with E-state index in [-0.39, 0.29) is 19.1 Å². The Hall–Kier alpha value is -2.70. The van der Waals surface area contributed by atoms with Crippen LogP contribution in [0.5, 0.6) is 0 Å². The van der Waals surface area contributed by atoms with E-state index in [4.69, 9.17) is 16.3 Å². The minimum Gasteiger partial charge on any atom is -0.481 e. The van der Waals surface area contributed by atoms with Crippen molar-refractivity contribution in [1.82, 2.24) is 8.61 Å². The molecule has 2 aromatic rings. The molecule has 8 rings (SSSR count). The Morgan fingerprint density at radius 2 is 1.82 bits per heavy atom. The van der Waals surface area contributed by atoms with E-state index in [1.54, 1.807) is 13.6 Å². The molecular formula is C28H39N5O5S. The van der Waals surface area contributed by atoms with Crippen LogP contribution in [-0.2, 0) is 32.7 Å². The van der Waals surface area contributed by atoms with Gasteiger partial charge in [0.1, 0.15) is 0 Å². The molecule has 212 valence electrons. The number of carboxylic acid groups (broad SMARTS) is 1. The van der Waals surface area contributed by atoms with E-state index in [1.165, 1.54) is 0 Å². The minimum absolute atomic E-state index is 0.0567. The second kappa shape index (κ2) is 11.4. The number of rotatable bonds is 2. The maximum absolute atomic E-state index is 13.6. The maximum atomic E-state index is 13.6. The predicted octanol–water partition coefficient (Wildman–Crippen LogP) is 2.74. The molecule has 10 nitrogen and oxygen atoms in total. The number of benzene rings is 2. The normalized spacial score (nSPS) is 27.3. The van der Waals surface area contributed by atoms with Crippen LogP contribution in [0.25, 0.3) is 0 Å². The van der Waals surface area contributed by atoms with E-state index >= 15 is 0 Å². The molecule has 6 aliphatic rings. The summed E-state index contributed by atoms with van der Waals surface area (Å²) in [6.07, 6.45) is 3.56. The number of hydrogen-bond donors (Lipinski definition) is 3. The fourth-order valence-corrected chi connectivity index (χ4v) is 7.68. The summed E-state index contributed by atoms with van der Waals surface area (Å²) in [5, 5.41) is 11.5. The number of nitrogen functional groups attached to an aromatic ring is 1. The van der Waals surface area contributed by atoms with E-state index in [9.17, 15) is 18.3 Å². The molecule has 11 heteroatoms. The highest BCUT2D eigenvalue weighted by Crippen LogP contribution is 2.38. The topological polar surface area (TPSA) is 142 Å². The van der Waals surface area contributed by atoms with Crippen molar-refractivity contribution in [3.05, 3.63) is 58.1 Å². The summed E-state index contributed by atoms with van der Waals surface area (Å²) in [6.45, 7) is 4.68. The number of carboxylic acids is 1. The van der Waals surface area contributed by atoms with Crippen LogP contribution in [-0.4, -0.2) is 67.0 Å². The van der Waals surface area contributed by atoms with Crippen molar-refractivity contribution in [3.8, 4) is 0 Å². The molecular weight excluding hydrogens is 518 g/mol. The summed E-state index contributed by atoms with van der Waals surface area (Å²) < 4.78 is 36.3. The lowest BCUT2D eigenvalue weighted by Gasteiger charge is -2.36. The van der Waals surface area contributed by atoms with Gasteiger partial charge in [0.2, 0.25) is 0 Å². The third-order valence-electron chi connectivity index (χ3n) is 8.41. The quantitative estimate of drug-likeness (QED) is 0.378. The lowest BCUT2D eigenvalue weighted by atomic mass is 9.83. The van der Waals surface area contributed by atoms with Gasteiger partial charge in [-0.05, 0) is 72.9 Å². The van der Waals surface area contributed by atoms with Crippen LogP contribution in [0.2, 0.25) is 0 Å². The Bertz CT molecular complexity index is 1330. The van der Waals surface area contributed by atoms with Gasteiger partial charge in [0.05, 0.1) is 23.9 Å². The molecule has 0 radical (unpaired) electrons. The zero-order valence-electron chi connectivity index (χ0n) is 22.5. The molecule has 2 atom stereocenters. The summed E-state index contributed by atoms with van der Waals surface area (Å²) in [6, 6.07) is 9.74. The van der Waals surface area contributed by atoms with Crippen LogP contribution in [0.15, 0.2) is 30.3 Å². The molecule has 6 aliphatic heterocycles. The molecule has 0 spiro atoms. The monoisotopic (exact) mass is 557 g/mol. The molecule has 5 N–H and O–H groups in total. The lowest BCUT2D eigenvalue weighted by molar-refractivity contribution is -0.137. The first-order valence-electron chi connectivity index (χ1n) is 13.8. The second-order valence-electron chi connectivity index (χ2n) is 10.9. The zero-order chi connectivity index (χ0) is 27.7. The van der Waals surface area contributed by atoms with Crippen molar-refractivity contribution >= 4 is 27.6 Å². The summed E-state index contributed by atoms with van der Waals surface area (Å²) in [4.78, 5) is 12.0. The van der Waals surface area contributed by atoms with Crippen LogP contribution in [0.3, 0.4) is 0 Å². The van der Waals surface area contributed by atoms with Gasteiger partial charge < -0.3 is 20.6 Å². The first-order chi connectivity index (χ1) is 18.6. The van der Waals surface area contributed by atoms with Crippen molar-refractivity contribution in [1.29, 1.82) is 0 Å². The maximum Gasteiger partial charge on any atom is 0.304 e. The smallest absolute Gasteiger partial charge is 0.304 e. The van der Waals surface area contributed by atoms with Crippen LogP contribution in [0.4, 0.5) is 11.4 Å². The van der Waals surface area contributed by atoms with Gasteiger partial charge in [0, 0.05) is 45.2 Å². The molecule has 1 saturated heterocycles. The van der Waals surface area contributed by atoms with Crippen molar-refractivity contribution in [2.24, 2.45) is 5.84 Å². The molecule has 39 heavy (non-hydrogen) atoms. The standard InChI is InChI=1S/C28H39N5O5S/c1-19-24-6-7-26(28(19)29)33(30)11-2-3-15-38-23-9-13-31(14-10-23)39(36,37)32-12-8-20-4-5-21(16-22(20)18-32)25(24)17-27(34)35/h4-7,16,23,25H,2-3,8-15,17-18,29-30H2,1H3,(H,34,35). The fraction of sp³-hybridized carbons (Fsp3) is 0.536. The van der Waals surface area contributed by atoms with Gasteiger partial charge in [0.25, 0.3) is 10.2 Å². The van der Waals surface area contributed by atoms with Gasteiger partial charge in [0.15, 0.2) is 0 Å². The van der Waals surface area contributed by atoms with E-state index < -0.39 is 22.1 Å². The van der Waals surface area contributed by atoms with Gasteiger partial charge in [-0.15, -0.1) is 0 Å². The number of piperidine rings is 1. The summed E-state index contributed by atoms with van der Waals surface area (Å²) >= 11 is 0. The molecule has 0 aromatic heterocycles. The first kappa shape index (κ1) is 27.9. The summed E-state index contributed by atoms with van der Waals surface area (Å²) in [5.74, 6) is 5.03. The van der Waals surface area contributed by atoms with Crippen molar-refractivity contribution < 1.29 is 23.1 Å². The first-order valence-corrected chi connectivity index (χ1v) is 15.2. The number of carbonyl (C=O) groups is 1. The fourth-order valence-electron chi connectivity index (χ4n) is 6.05. The Labute approximate surface area is 230 Å². The number of anilines is 2. The minimum atomic E-state index is -3.62. The van der Waals surface area contributed by atoms with Gasteiger partial charge >= 0.3 is 5.97 Å². The average Bonchev–Trinajstić information content (AvgIpc) is 2.92. The van der Waals surface area contributed by atoms with Crippen molar-refractivity contribution in [2.75, 3.05) is 43.5 Å². The third-order valence-corrected chi connectivity index (χ3v) is 10.4. The summed E-state index contributed by atoms with van der Waals surface area (Å²) in [7, 11) is -3.62. The number of nitrogens with zero attached hydrogens (tertiary/aromatic N) is 3. The largest absolute Gasteiger partial charge is 0.481 e. The van der Waals surface area contributed by atoms with Crippen LogP contribution < -0.4 is 16.6 Å². The average molecular weight is 558 g/mol. The Morgan fingerprint density at radius 1 is 1.05 bits per heavy atom. The number of ether oxygens (including phenoxy) is 1. The van der Waals surface area contributed by atoms with E-state index in [2.05, 4.69) is 0 Å². The Morgan fingerprint density at radius 3 is 2.56 bits per heavy atom. The third kappa shape index (κ3) is 5.78. The molecule has 6 heterocycles. The number of hydrazine groups is 1. The predicted molar refractivity (Wildman–Crippen MR) is 150 cm³/mol. The number of hydrogen-bond acceptors (Lipinski definition) is 7. The van der Waals surface area contributed by atoms with Crippen molar-refractivity contribution in [3.63, 3.8) is 0 Å². The molecule has 0 amide bonds. The molecule has 2 aromatic carbocycles. The van der Waals surface area contributed by atoms with Gasteiger partial charge in [-0.2, -0.15) is 17.0 Å². The van der Waals surface area contributed by atoms with Crippen LogP contribution in [0.1, 0.15) is 65.8 Å². The van der Waals surface area contributed by atoms with Crippen LogP contribution >= 0.6 is 0 Å². The molecule has 7 bridgehead atoms. The highest BCUT2D eigenvalue weighted by molar-refractivity contribution is 7.86. The molecule has 2 unspecified atom stereocenters. The van der Waals surface area contributed by atoms with Gasteiger partial charge in [-0.25, -0.2) is 5.84 Å². The molecule has 1 fully saturated rings.